The van der Waals surface area contributed by atoms with Crippen molar-refractivity contribution in [2.45, 2.75) is 13.0 Å². The minimum Gasteiger partial charge on any atom is -0.497 e. The first kappa shape index (κ1) is 17.4. The molecule has 138 valence electrons. The summed E-state index contributed by atoms with van der Waals surface area (Å²) in [5, 5.41) is 3.04. The zero-order valence-corrected chi connectivity index (χ0v) is 15.8. The number of carbonyl (C=O) groups is 1. The molecular formula is C21H20N2O3S. The van der Waals surface area contributed by atoms with Crippen LogP contribution in [0, 0.1) is 0 Å². The number of H-pyrrole nitrogens is 1. The third kappa shape index (κ3) is 3.90. The number of furan rings is 1. The van der Waals surface area contributed by atoms with Gasteiger partial charge in [0.05, 0.1) is 19.6 Å². The molecule has 3 aromatic heterocycles. The van der Waals surface area contributed by atoms with Gasteiger partial charge in [-0.25, -0.2) is 0 Å². The third-order valence-electron chi connectivity index (χ3n) is 4.51. The molecule has 6 heteroatoms. The number of amides is 1. The molecule has 0 aliphatic carbocycles. The predicted octanol–water partition coefficient (Wildman–Crippen LogP) is 4.72. The number of rotatable bonds is 7. The van der Waals surface area contributed by atoms with Crippen LogP contribution in [0.2, 0.25) is 0 Å². The average molecular weight is 380 g/mol. The molecular weight excluding hydrogens is 360 g/mol. The Balaban J connectivity index is 1.58. The Labute approximate surface area is 161 Å². The van der Waals surface area contributed by atoms with Crippen LogP contribution in [0.4, 0.5) is 0 Å². The van der Waals surface area contributed by atoms with E-state index < -0.39 is 0 Å². The normalized spacial score (nSPS) is 11.0. The molecule has 0 radical (unpaired) electrons. The highest BCUT2D eigenvalue weighted by molar-refractivity contribution is 7.09. The molecule has 0 aliphatic rings. The van der Waals surface area contributed by atoms with Gasteiger partial charge in [-0.3, -0.25) is 4.79 Å². The Bertz CT molecular complexity index is 1020. The standard InChI is InChI=1S/C21H20N2O3S/c1-25-17-5-4-16-11-20(22-19(16)12-17)21(24)23(13-15-7-9-26-14-15)8-6-18-3-2-10-27-18/h2-5,7,9-12,14,22H,6,8,13H2,1H3. The van der Waals surface area contributed by atoms with Crippen LogP contribution in [0.25, 0.3) is 10.9 Å². The van der Waals surface area contributed by atoms with Gasteiger partial charge in [-0.2, -0.15) is 0 Å². The summed E-state index contributed by atoms with van der Waals surface area (Å²) < 4.78 is 10.4. The molecule has 0 aliphatic heterocycles. The molecule has 0 saturated heterocycles. The largest absolute Gasteiger partial charge is 0.497 e. The van der Waals surface area contributed by atoms with Crippen molar-refractivity contribution >= 4 is 28.1 Å². The van der Waals surface area contributed by atoms with E-state index in [1.165, 1.54) is 4.88 Å². The third-order valence-corrected chi connectivity index (χ3v) is 5.45. The number of hydrogen-bond acceptors (Lipinski definition) is 4. The Hall–Kier alpha value is -2.99. The topological polar surface area (TPSA) is 58.5 Å². The van der Waals surface area contributed by atoms with Gasteiger partial charge in [0.15, 0.2) is 0 Å². The van der Waals surface area contributed by atoms with E-state index in [1.807, 2.05) is 41.3 Å². The van der Waals surface area contributed by atoms with Crippen molar-refractivity contribution in [2.24, 2.45) is 0 Å². The van der Waals surface area contributed by atoms with Crippen LogP contribution < -0.4 is 4.74 Å². The summed E-state index contributed by atoms with van der Waals surface area (Å²) in [5.41, 5.74) is 2.44. The fourth-order valence-corrected chi connectivity index (χ4v) is 3.77. The van der Waals surface area contributed by atoms with E-state index >= 15 is 0 Å². The monoisotopic (exact) mass is 380 g/mol. The van der Waals surface area contributed by atoms with Gasteiger partial charge >= 0.3 is 0 Å². The van der Waals surface area contributed by atoms with Gasteiger partial charge in [-0.05, 0) is 42.1 Å². The lowest BCUT2D eigenvalue weighted by Crippen LogP contribution is -2.32. The second kappa shape index (κ2) is 7.72. The van der Waals surface area contributed by atoms with E-state index in [0.29, 0.717) is 18.8 Å². The minimum atomic E-state index is -0.0251. The summed E-state index contributed by atoms with van der Waals surface area (Å²) >= 11 is 1.71. The van der Waals surface area contributed by atoms with Crippen molar-refractivity contribution < 1.29 is 13.9 Å². The van der Waals surface area contributed by atoms with Gasteiger partial charge in [0.2, 0.25) is 0 Å². The Morgan fingerprint density at radius 1 is 1.26 bits per heavy atom. The van der Waals surface area contributed by atoms with Gasteiger partial charge in [-0.1, -0.05) is 6.07 Å². The molecule has 0 fully saturated rings. The van der Waals surface area contributed by atoms with Crippen molar-refractivity contribution in [3.63, 3.8) is 0 Å². The lowest BCUT2D eigenvalue weighted by molar-refractivity contribution is 0.0740. The second-order valence-electron chi connectivity index (χ2n) is 6.32. The maximum Gasteiger partial charge on any atom is 0.270 e. The van der Waals surface area contributed by atoms with Crippen LogP contribution in [-0.2, 0) is 13.0 Å². The number of carbonyl (C=O) groups excluding carboxylic acids is 1. The number of fused-ring (bicyclic) bond motifs is 1. The summed E-state index contributed by atoms with van der Waals surface area (Å²) in [6.07, 6.45) is 4.14. The Morgan fingerprint density at radius 2 is 2.19 bits per heavy atom. The van der Waals surface area contributed by atoms with E-state index in [2.05, 4.69) is 16.4 Å². The van der Waals surface area contributed by atoms with Crippen LogP contribution in [-0.4, -0.2) is 29.4 Å². The molecule has 0 spiro atoms. The summed E-state index contributed by atoms with van der Waals surface area (Å²) in [4.78, 5) is 19.5. The molecule has 3 heterocycles. The number of methoxy groups -OCH3 is 1. The Kier molecular flexibility index (Phi) is 4.98. The number of thiophene rings is 1. The molecule has 1 N–H and O–H groups in total. The predicted molar refractivity (Wildman–Crippen MR) is 106 cm³/mol. The maximum atomic E-state index is 13.2. The summed E-state index contributed by atoms with van der Waals surface area (Å²) in [5.74, 6) is 0.735. The van der Waals surface area contributed by atoms with Crippen molar-refractivity contribution in [1.82, 2.24) is 9.88 Å². The van der Waals surface area contributed by atoms with Crippen LogP contribution >= 0.6 is 11.3 Å². The number of benzene rings is 1. The minimum absolute atomic E-state index is 0.0251. The van der Waals surface area contributed by atoms with Crippen molar-refractivity contribution in [1.29, 1.82) is 0 Å². The number of nitrogens with one attached hydrogen (secondary N) is 1. The molecule has 0 atom stereocenters. The van der Waals surface area contributed by atoms with Crippen molar-refractivity contribution in [2.75, 3.05) is 13.7 Å². The first-order chi connectivity index (χ1) is 13.2. The molecule has 5 nitrogen and oxygen atoms in total. The fourth-order valence-electron chi connectivity index (χ4n) is 3.07. The summed E-state index contributed by atoms with van der Waals surface area (Å²) in [7, 11) is 1.63. The molecule has 0 unspecified atom stereocenters. The molecule has 27 heavy (non-hydrogen) atoms. The molecule has 1 aromatic carbocycles. The SMILES string of the molecule is COc1ccc2cc(C(=O)N(CCc3cccs3)Cc3ccoc3)[nH]c2c1. The highest BCUT2D eigenvalue weighted by Crippen LogP contribution is 2.22. The van der Waals surface area contributed by atoms with Gasteiger partial charge in [0.25, 0.3) is 5.91 Å². The zero-order chi connectivity index (χ0) is 18.6. The molecule has 0 bridgehead atoms. The highest BCUT2D eigenvalue weighted by atomic mass is 32.1. The quantitative estimate of drug-likeness (QED) is 0.505. The average Bonchev–Trinajstić information content (AvgIpc) is 3.45. The first-order valence-electron chi connectivity index (χ1n) is 8.72. The molecule has 4 aromatic rings. The van der Waals surface area contributed by atoms with E-state index in [1.54, 1.807) is 31.0 Å². The van der Waals surface area contributed by atoms with Crippen LogP contribution in [0.15, 0.2) is 64.8 Å². The highest BCUT2D eigenvalue weighted by Gasteiger charge is 2.19. The van der Waals surface area contributed by atoms with E-state index in [-0.39, 0.29) is 5.91 Å². The molecule has 4 rings (SSSR count). The first-order valence-corrected chi connectivity index (χ1v) is 9.60. The Morgan fingerprint density at radius 3 is 2.93 bits per heavy atom. The number of aromatic nitrogens is 1. The lowest BCUT2D eigenvalue weighted by Gasteiger charge is -2.21. The molecule has 1 amide bonds. The summed E-state index contributed by atoms with van der Waals surface area (Å²) in [6.45, 7) is 1.16. The van der Waals surface area contributed by atoms with E-state index in [9.17, 15) is 4.79 Å². The van der Waals surface area contributed by atoms with Crippen molar-refractivity contribution in [3.8, 4) is 5.75 Å². The summed E-state index contributed by atoms with van der Waals surface area (Å²) in [6, 6.07) is 13.7. The van der Waals surface area contributed by atoms with E-state index in [4.69, 9.17) is 9.15 Å². The fraction of sp³-hybridized carbons (Fsp3) is 0.190. The van der Waals surface area contributed by atoms with Crippen LogP contribution in [0.5, 0.6) is 5.75 Å². The van der Waals surface area contributed by atoms with Crippen LogP contribution in [0.1, 0.15) is 20.9 Å². The smallest absolute Gasteiger partial charge is 0.270 e. The molecule has 0 saturated carbocycles. The number of aromatic amines is 1. The second-order valence-corrected chi connectivity index (χ2v) is 7.36. The van der Waals surface area contributed by atoms with Gasteiger partial charge in [0.1, 0.15) is 11.4 Å². The van der Waals surface area contributed by atoms with Crippen molar-refractivity contribution in [3.05, 3.63) is 76.5 Å². The number of nitrogens with zero attached hydrogens (tertiary/aromatic N) is 1. The number of ether oxygens (including phenoxy) is 1. The zero-order valence-electron chi connectivity index (χ0n) is 15.0. The van der Waals surface area contributed by atoms with E-state index in [0.717, 1.165) is 28.6 Å². The van der Waals surface area contributed by atoms with Crippen LogP contribution in [0.3, 0.4) is 0 Å². The van der Waals surface area contributed by atoms with Gasteiger partial charge < -0.3 is 19.0 Å². The number of hydrogen-bond donors (Lipinski definition) is 1. The van der Waals surface area contributed by atoms with Gasteiger partial charge in [-0.15, -0.1) is 11.3 Å². The lowest BCUT2D eigenvalue weighted by atomic mass is 10.2. The maximum absolute atomic E-state index is 13.2. The van der Waals surface area contributed by atoms with Gasteiger partial charge in [0, 0.05) is 40.5 Å².